The molecule has 0 aromatic carbocycles. The van der Waals surface area contributed by atoms with E-state index in [-0.39, 0.29) is 23.3 Å². The summed E-state index contributed by atoms with van der Waals surface area (Å²) >= 11 is 0. The fourth-order valence-electron chi connectivity index (χ4n) is 4.17. The highest BCUT2D eigenvalue weighted by atomic mass is 16.3. The van der Waals surface area contributed by atoms with Gasteiger partial charge >= 0.3 is 6.03 Å². The molecule has 2 atom stereocenters. The molecule has 0 unspecified atom stereocenters. The van der Waals surface area contributed by atoms with E-state index in [1.165, 1.54) is 6.42 Å². The Morgan fingerprint density at radius 2 is 1.84 bits per heavy atom. The molecule has 2 fully saturated rings. The van der Waals surface area contributed by atoms with Crippen LogP contribution in [0.4, 0.5) is 4.79 Å². The standard InChI is InChI=1S/C19H35N3O3/c1-4-21(5-2)18(25)20-13-15-9-12-22(14-16(15)23)17(24)19(3)10-7-6-8-11-19/h15-16,23H,4-14H2,1-3H3,(H,20,25)/t15-,16+/m0/s1. The number of hydrogen-bond donors (Lipinski definition) is 2. The molecule has 6 heteroatoms. The van der Waals surface area contributed by atoms with Crippen molar-refractivity contribution in [3.05, 3.63) is 0 Å². The molecule has 1 saturated heterocycles. The smallest absolute Gasteiger partial charge is 0.317 e. The van der Waals surface area contributed by atoms with Gasteiger partial charge in [0.05, 0.1) is 6.10 Å². The number of hydrogen-bond acceptors (Lipinski definition) is 3. The van der Waals surface area contributed by atoms with Crippen molar-refractivity contribution in [1.29, 1.82) is 0 Å². The Morgan fingerprint density at radius 1 is 1.20 bits per heavy atom. The van der Waals surface area contributed by atoms with Crippen LogP contribution in [0, 0.1) is 11.3 Å². The number of rotatable bonds is 5. The number of nitrogens with zero attached hydrogens (tertiary/aromatic N) is 2. The third-order valence-electron chi connectivity index (χ3n) is 6.05. The van der Waals surface area contributed by atoms with Crippen molar-refractivity contribution in [2.75, 3.05) is 32.7 Å². The molecule has 0 bridgehead atoms. The highest BCUT2D eigenvalue weighted by Gasteiger charge is 2.40. The predicted octanol–water partition coefficient (Wildman–Crippen LogP) is 2.22. The number of aliphatic hydroxyl groups is 1. The lowest BCUT2D eigenvalue weighted by molar-refractivity contribution is -0.147. The van der Waals surface area contributed by atoms with Gasteiger partial charge in [0.2, 0.25) is 5.91 Å². The Hall–Kier alpha value is -1.30. The summed E-state index contributed by atoms with van der Waals surface area (Å²) in [5, 5.41) is 13.4. The lowest BCUT2D eigenvalue weighted by Crippen LogP contribution is -2.54. The average molecular weight is 354 g/mol. The Labute approximate surface area is 151 Å². The van der Waals surface area contributed by atoms with Gasteiger partial charge in [0, 0.05) is 44.1 Å². The number of piperidine rings is 1. The summed E-state index contributed by atoms with van der Waals surface area (Å²) in [6.45, 7) is 8.87. The number of urea groups is 1. The molecule has 144 valence electrons. The fourth-order valence-corrected chi connectivity index (χ4v) is 4.17. The SMILES string of the molecule is CCN(CC)C(=O)NC[C@@H]1CCN(C(=O)C2(C)CCCCC2)C[C@H]1O. The van der Waals surface area contributed by atoms with Crippen LogP contribution in [-0.2, 0) is 4.79 Å². The van der Waals surface area contributed by atoms with Crippen molar-refractivity contribution in [2.24, 2.45) is 11.3 Å². The van der Waals surface area contributed by atoms with Crippen LogP contribution in [0.25, 0.3) is 0 Å². The second-order valence-electron chi connectivity index (χ2n) is 7.85. The second-order valence-corrected chi connectivity index (χ2v) is 7.85. The predicted molar refractivity (Wildman–Crippen MR) is 98.2 cm³/mol. The quantitative estimate of drug-likeness (QED) is 0.796. The average Bonchev–Trinajstić information content (AvgIpc) is 2.61. The first kappa shape index (κ1) is 20.0. The summed E-state index contributed by atoms with van der Waals surface area (Å²) < 4.78 is 0. The molecule has 2 N–H and O–H groups in total. The van der Waals surface area contributed by atoms with Crippen LogP contribution in [-0.4, -0.2) is 65.7 Å². The van der Waals surface area contributed by atoms with Crippen molar-refractivity contribution >= 4 is 11.9 Å². The van der Waals surface area contributed by atoms with Gasteiger partial charge in [0.25, 0.3) is 0 Å². The Kier molecular flexibility index (Phi) is 7.11. The van der Waals surface area contributed by atoms with E-state index in [0.717, 1.165) is 32.1 Å². The normalized spacial score (nSPS) is 26.2. The Morgan fingerprint density at radius 3 is 2.40 bits per heavy atom. The van der Waals surface area contributed by atoms with Gasteiger partial charge in [-0.3, -0.25) is 4.79 Å². The molecule has 2 aliphatic rings. The summed E-state index contributed by atoms with van der Waals surface area (Å²) in [6, 6.07) is -0.0783. The molecule has 3 amide bonds. The summed E-state index contributed by atoms with van der Waals surface area (Å²) in [4.78, 5) is 28.5. The first-order chi connectivity index (χ1) is 11.9. The van der Waals surface area contributed by atoms with Crippen LogP contribution in [0.15, 0.2) is 0 Å². The maximum absolute atomic E-state index is 12.9. The molecule has 0 aromatic heterocycles. The summed E-state index contributed by atoms with van der Waals surface area (Å²) in [6.07, 6.45) is 5.56. The molecule has 0 spiro atoms. The van der Waals surface area contributed by atoms with Crippen LogP contribution in [0.2, 0.25) is 0 Å². The van der Waals surface area contributed by atoms with Gasteiger partial charge in [-0.15, -0.1) is 0 Å². The minimum absolute atomic E-state index is 0.0164. The van der Waals surface area contributed by atoms with Gasteiger partial charge in [-0.2, -0.15) is 0 Å². The van der Waals surface area contributed by atoms with Crippen LogP contribution >= 0.6 is 0 Å². The maximum Gasteiger partial charge on any atom is 0.317 e. The number of β-amino-alcohol motifs (C(OH)–C–C–N with tert-alkyl or cyclic N) is 1. The number of carbonyl (C=O) groups is 2. The lowest BCUT2D eigenvalue weighted by atomic mass is 9.74. The van der Waals surface area contributed by atoms with E-state index < -0.39 is 6.10 Å². The minimum Gasteiger partial charge on any atom is -0.391 e. The van der Waals surface area contributed by atoms with E-state index in [1.807, 2.05) is 18.7 Å². The topological polar surface area (TPSA) is 72.9 Å². The van der Waals surface area contributed by atoms with Crippen molar-refractivity contribution in [2.45, 2.75) is 65.4 Å². The number of likely N-dealkylation sites (tertiary alicyclic amines) is 1. The second kappa shape index (κ2) is 8.88. The van der Waals surface area contributed by atoms with Gasteiger partial charge in [-0.25, -0.2) is 4.79 Å². The van der Waals surface area contributed by atoms with Crippen molar-refractivity contribution in [3.63, 3.8) is 0 Å². The molecule has 25 heavy (non-hydrogen) atoms. The molecular formula is C19H35N3O3. The molecule has 0 aromatic rings. The zero-order chi connectivity index (χ0) is 18.4. The molecule has 0 radical (unpaired) electrons. The van der Waals surface area contributed by atoms with E-state index in [4.69, 9.17) is 0 Å². The Bertz CT molecular complexity index is 459. The van der Waals surface area contributed by atoms with Crippen LogP contribution in [0.1, 0.15) is 59.3 Å². The van der Waals surface area contributed by atoms with Gasteiger partial charge < -0.3 is 20.2 Å². The third kappa shape index (κ3) is 4.87. The molecule has 1 saturated carbocycles. The Balaban J connectivity index is 1.83. The maximum atomic E-state index is 12.9. The van der Waals surface area contributed by atoms with Crippen molar-refractivity contribution in [1.82, 2.24) is 15.1 Å². The molecule has 1 aliphatic heterocycles. The molecule has 2 rings (SSSR count). The van der Waals surface area contributed by atoms with Gasteiger partial charge in [0.1, 0.15) is 0 Å². The molecule has 6 nitrogen and oxygen atoms in total. The fraction of sp³-hybridized carbons (Fsp3) is 0.895. The zero-order valence-corrected chi connectivity index (χ0v) is 16.1. The van der Waals surface area contributed by atoms with E-state index >= 15 is 0 Å². The van der Waals surface area contributed by atoms with Crippen LogP contribution in [0.3, 0.4) is 0 Å². The third-order valence-corrected chi connectivity index (χ3v) is 6.05. The molecular weight excluding hydrogens is 318 g/mol. The van der Waals surface area contributed by atoms with Gasteiger partial charge in [0.15, 0.2) is 0 Å². The van der Waals surface area contributed by atoms with E-state index in [9.17, 15) is 14.7 Å². The minimum atomic E-state index is -0.568. The summed E-state index contributed by atoms with van der Waals surface area (Å²) in [7, 11) is 0. The number of aliphatic hydroxyl groups excluding tert-OH is 1. The summed E-state index contributed by atoms with van der Waals surface area (Å²) in [5.74, 6) is 0.222. The van der Waals surface area contributed by atoms with E-state index in [1.54, 1.807) is 4.90 Å². The van der Waals surface area contributed by atoms with Gasteiger partial charge in [-0.1, -0.05) is 26.2 Å². The van der Waals surface area contributed by atoms with Crippen LogP contribution in [0.5, 0.6) is 0 Å². The lowest BCUT2D eigenvalue weighted by Gasteiger charge is -2.42. The van der Waals surface area contributed by atoms with Gasteiger partial charge in [-0.05, 0) is 33.1 Å². The summed E-state index contributed by atoms with van der Waals surface area (Å²) in [5.41, 5.74) is -0.248. The first-order valence-corrected chi connectivity index (χ1v) is 9.91. The molecule has 1 heterocycles. The first-order valence-electron chi connectivity index (χ1n) is 9.91. The number of amides is 3. The van der Waals surface area contributed by atoms with Crippen LogP contribution < -0.4 is 5.32 Å². The highest BCUT2D eigenvalue weighted by Crippen LogP contribution is 2.38. The van der Waals surface area contributed by atoms with E-state index in [0.29, 0.717) is 32.7 Å². The van der Waals surface area contributed by atoms with E-state index in [2.05, 4.69) is 12.2 Å². The largest absolute Gasteiger partial charge is 0.391 e. The van der Waals surface area contributed by atoms with Crippen molar-refractivity contribution in [3.8, 4) is 0 Å². The number of nitrogens with one attached hydrogen (secondary N) is 1. The number of carbonyl (C=O) groups excluding carboxylic acids is 2. The molecule has 1 aliphatic carbocycles. The highest BCUT2D eigenvalue weighted by molar-refractivity contribution is 5.82. The zero-order valence-electron chi connectivity index (χ0n) is 16.1. The van der Waals surface area contributed by atoms with Crippen molar-refractivity contribution < 1.29 is 14.7 Å². The monoisotopic (exact) mass is 353 g/mol.